The Bertz CT molecular complexity index is 2030. The van der Waals surface area contributed by atoms with Gasteiger partial charge >= 0.3 is 17.9 Å². The molecule has 3 heterocycles. The van der Waals surface area contributed by atoms with Gasteiger partial charge in [0.1, 0.15) is 22.6 Å². The molecule has 0 radical (unpaired) electrons. The molecule has 5 aromatic rings. The van der Waals surface area contributed by atoms with Crippen molar-refractivity contribution in [2.24, 2.45) is 0 Å². The third-order valence-corrected chi connectivity index (χ3v) is 8.37. The first-order chi connectivity index (χ1) is 26.1. The summed E-state index contributed by atoms with van der Waals surface area (Å²) in [6.07, 6.45) is 8.14. The van der Waals surface area contributed by atoms with E-state index >= 15 is 0 Å². The molecule has 0 aliphatic heterocycles. The number of hydrogen-bond donors (Lipinski definition) is 2. The zero-order valence-electron chi connectivity index (χ0n) is 31.3. The van der Waals surface area contributed by atoms with E-state index < -0.39 is 23.3 Å². The highest BCUT2D eigenvalue weighted by molar-refractivity contribution is 7.98. The summed E-state index contributed by atoms with van der Waals surface area (Å²) in [5.41, 5.74) is 2.89. The Balaban J connectivity index is 0.000000224. The van der Waals surface area contributed by atoms with Gasteiger partial charge in [-0.15, -0.1) is 23.5 Å². The minimum Gasteiger partial charge on any atom is -0.462 e. The van der Waals surface area contributed by atoms with E-state index in [1.165, 1.54) is 35.9 Å². The Labute approximate surface area is 323 Å². The van der Waals surface area contributed by atoms with Crippen LogP contribution in [0.3, 0.4) is 0 Å². The minimum atomic E-state index is -0.722. The number of nitrogens with one attached hydrogen (secondary N) is 2. The Hall–Kier alpha value is -5.60. The Morgan fingerprint density at radius 1 is 0.778 bits per heavy atom. The molecule has 54 heavy (non-hydrogen) atoms. The van der Waals surface area contributed by atoms with Gasteiger partial charge in [0.15, 0.2) is 5.57 Å². The molecule has 12 nitrogen and oxygen atoms in total. The van der Waals surface area contributed by atoms with Crippen LogP contribution >= 0.6 is 23.5 Å². The van der Waals surface area contributed by atoms with Crippen molar-refractivity contribution in [2.45, 2.75) is 44.7 Å². The van der Waals surface area contributed by atoms with Gasteiger partial charge in [0, 0.05) is 12.4 Å². The number of H-pyrrole nitrogens is 1. The molecular formula is C40H44N4O8S2. The number of carbonyl (C=O) groups excluding carboxylic acids is 3. The summed E-state index contributed by atoms with van der Waals surface area (Å²) >= 11 is 2.99. The van der Waals surface area contributed by atoms with Crippen molar-refractivity contribution in [3.05, 3.63) is 124 Å². The number of anilines is 1. The molecule has 14 heteroatoms. The van der Waals surface area contributed by atoms with Crippen LogP contribution in [-0.2, 0) is 23.8 Å². The molecule has 284 valence electrons. The van der Waals surface area contributed by atoms with Crippen molar-refractivity contribution in [3.8, 4) is 11.5 Å². The maximum absolute atomic E-state index is 12.3. The molecule has 0 fully saturated rings. The number of esters is 3. The van der Waals surface area contributed by atoms with E-state index in [-0.39, 0.29) is 36.5 Å². The fourth-order valence-electron chi connectivity index (χ4n) is 4.47. The number of para-hydroxylation sites is 2. The van der Waals surface area contributed by atoms with Crippen molar-refractivity contribution >= 4 is 58.2 Å². The van der Waals surface area contributed by atoms with Crippen LogP contribution in [0, 0.1) is 13.8 Å². The average Bonchev–Trinajstić information content (AvgIpc) is 3.17. The molecule has 0 aliphatic rings. The van der Waals surface area contributed by atoms with E-state index in [2.05, 4.69) is 20.3 Å². The van der Waals surface area contributed by atoms with E-state index in [0.29, 0.717) is 11.2 Å². The molecule has 3 aromatic heterocycles. The topological polar surface area (TPSA) is 159 Å². The predicted octanol–water partition coefficient (Wildman–Crippen LogP) is 8.14. The number of nitrogens with zero attached hydrogens (tertiary/aromatic N) is 2. The van der Waals surface area contributed by atoms with Gasteiger partial charge in [-0.2, -0.15) is 0 Å². The molecule has 5 rings (SSSR count). The lowest BCUT2D eigenvalue weighted by molar-refractivity contribution is -0.146. The second-order valence-corrected chi connectivity index (χ2v) is 12.5. The highest BCUT2D eigenvalue weighted by Gasteiger charge is 2.21. The number of rotatable bonds is 12. The third-order valence-electron chi connectivity index (χ3n) is 7.10. The number of aromatic amines is 1. The van der Waals surface area contributed by atoms with E-state index in [1.807, 2.05) is 99.2 Å². The van der Waals surface area contributed by atoms with Crippen LogP contribution in [0.5, 0.6) is 11.5 Å². The quantitative estimate of drug-likeness (QED) is 0.0313. The number of thioether (sulfide) groups is 2. The van der Waals surface area contributed by atoms with Gasteiger partial charge in [-0.05, 0) is 94.7 Å². The summed E-state index contributed by atoms with van der Waals surface area (Å²) in [6.45, 7) is 9.43. The van der Waals surface area contributed by atoms with Crippen LogP contribution in [0.25, 0.3) is 11.0 Å². The summed E-state index contributed by atoms with van der Waals surface area (Å²) < 4.78 is 20.2. The lowest BCUT2D eigenvalue weighted by atomic mass is 10.2. The molecule has 0 spiro atoms. The van der Waals surface area contributed by atoms with Crippen molar-refractivity contribution in [1.29, 1.82) is 0 Å². The van der Waals surface area contributed by atoms with Crippen molar-refractivity contribution < 1.29 is 33.3 Å². The second kappa shape index (κ2) is 22.5. The van der Waals surface area contributed by atoms with Gasteiger partial charge in [0.2, 0.25) is 5.43 Å². The van der Waals surface area contributed by atoms with Gasteiger partial charge < -0.3 is 29.2 Å². The highest BCUT2D eigenvalue weighted by Crippen LogP contribution is 2.22. The molecular weight excluding hydrogens is 729 g/mol. The fourth-order valence-corrected chi connectivity index (χ4v) is 5.40. The van der Waals surface area contributed by atoms with Crippen molar-refractivity contribution in [2.75, 3.05) is 37.6 Å². The molecule has 0 unspecified atom stereocenters. The summed E-state index contributed by atoms with van der Waals surface area (Å²) in [5.74, 6) is -0.332. The van der Waals surface area contributed by atoms with Crippen LogP contribution in [0.4, 0.5) is 5.69 Å². The number of pyridine rings is 3. The van der Waals surface area contributed by atoms with Crippen LogP contribution in [0.2, 0.25) is 0 Å². The number of carbonyl (C=O) groups is 3. The summed E-state index contributed by atoms with van der Waals surface area (Å²) in [6, 6.07) is 23.3. The number of benzene rings is 2. The second-order valence-electron chi connectivity index (χ2n) is 10.9. The molecule has 0 aliphatic carbocycles. The predicted molar refractivity (Wildman–Crippen MR) is 214 cm³/mol. The first-order valence-electron chi connectivity index (χ1n) is 16.9. The number of hydrogen-bond acceptors (Lipinski definition) is 13. The van der Waals surface area contributed by atoms with Gasteiger partial charge in [0.25, 0.3) is 0 Å². The van der Waals surface area contributed by atoms with Crippen LogP contribution in [-0.4, -0.2) is 65.2 Å². The highest BCUT2D eigenvalue weighted by atomic mass is 32.2. The maximum Gasteiger partial charge on any atom is 0.347 e. The van der Waals surface area contributed by atoms with Crippen LogP contribution in [0.15, 0.2) is 112 Å². The van der Waals surface area contributed by atoms with Crippen LogP contribution < -0.4 is 15.5 Å². The van der Waals surface area contributed by atoms with Crippen LogP contribution in [0.1, 0.15) is 42.3 Å². The molecule has 0 amide bonds. The molecule has 0 saturated carbocycles. The number of ether oxygens (including phenoxy) is 4. The van der Waals surface area contributed by atoms with E-state index in [9.17, 15) is 19.2 Å². The zero-order chi connectivity index (χ0) is 39.5. The Morgan fingerprint density at radius 3 is 1.81 bits per heavy atom. The maximum atomic E-state index is 12.3. The molecule has 2 N–H and O–H groups in total. The number of fused-ring (bicyclic) bond motifs is 1. The fraction of sp³-hybridized carbons (Fsp3) is 0.250. The summed E-state index contributed by atoms with van der Waals surface area (Å²) in [7, 11) is 0. The number of aromatic nitrogens is 3. The minimum absolute atomic E-state index is 0.0143. The monoisotopic (exact) mass is 772 g/mol. The largest absolute Gasteiger partial charge is 0.462 e. The number of aryl methyl sites for hydroxylation is 2. The molecule has 0 saturated heterocycles. The Morgan fingerprint density at radius 2 is 1.31 bits per heavy atom. The zero-order valence-corrected chi connectivity index (χ0v) is 32.9. The summed E-state index contributed by atoms with van der Waals surface area (Å²) in [4.78, 5) is 59.0. The molecule has 2 aromatic carbocycles. The van der Waals surface area contributed by atoms with Crippen molar-refractivity contribution in [1.82, 2.24) is 15.0 Å². The smallest absolute Gasteiger partial charge is 0.347 e. The average molecular weight is 773 g/mol. The first kappa shape index (κ1) is 42.8. The molecule has 0 atom stereocenters. The lowest BCUT2D eigenvalue weighted by Gasteiger charge is -2.09. The van der Waals surface area contributed by atoms with E-state index in [4.69, 9.17) is 18.9 Å². The first-order valence-corrected chi connectivity index (χ1v) is 19.3. The normalized spacial score (nSPS) is 10.1. The summed E-state index contributed by atoms with van der Waals surface area (Å²) in [5, 5.41) is 4.55. The third kappa shape index (κ3) is 12.8. The SMILES string of the molecule is CCOC(=O)C(=CNc1cnc(SC)cc1C)C(=O)OCC.CCOC(=O)c1c[nH]c2c(C)cc(SC)nc2c1=O.c1ccc(Oc2ccccc2)cc1. The Kier molecular flexibility index (Phi) is 17.8. The van der Waals surface area contributed by atoms with Gasteiger partial charge in [-0.3, -0.25) is 4.79 Å². The standard InChI is InChI=1S/C15H20N2O4S.C13H14N2O3S.C12H10O/c1-5-20-14(18)11(15(19)21-6-2)8-16-12-9-17-13(22-4)7-10(12)3;1-4-18-13(17)8-6-14-10-7(2)5-9(19-3)15-11(10)12(8)16;1-3-7-11(8-4-1)13-12-9-5-2-6-10-12/h7-9,16H,5-6H2,1-4H3;5-6H,4H2,1-3H3,(H,14,16);1-10H. The van der Waals surface area contributed by atoms with E-state index in [0.717, 1.165) is 32.7 Å². The van der Waals surface area contributed by atoms with E-state index in [1.54, 1.807) is 27.0 Å². The van der Waals surface area contributed by atoms with Gasteiger partial charge in [-0.25, -0.2) is 24.4 Å². The molecule has 0 bridgehead atoms. The van der Waals surface area contributed by atoms with Gasteiger partial charge in [-0.1, -0.05) is 36.4 Å². The lowest BCUT2D eigenvalue weighted by Crippen LogP contribution is -2.19. The van der Waals surface area contributed by atoms with Gasteiger partial charge in [0.05, 0.1) is 47.3 Å². The van der Waals surface area contributed by atoms with Crippen molar-refractivity contribution in [3.63, 3.8) is 0 Å².